The van der Waals surface area contributed by atoms with Gasteiger partial charge >= 0.3 is 5.97 Å². The fourth-order valence-electron chi connectivity index (χ4n) is 8.36. The molecule has 8 fully saturated rings. The molecule has 1 aliphatic heterocycles. The van der Waals surface area contributed by atoms with Gasteiger partial charge in [-0.2, -0.15) is 0 Å². The topological polar surface area (TPSA) is 26.3 Å². The van der Waals surface area contributed by atoms with Crippen LogP contribution in [0, 0.1) is 41.4 Å². The number of fused-ring (bicyclic) bond motifs is 1. The predicted octanol–water partition coefficient (Wildman–Crippen LogP) is 16.0. The van der Waals surface area contributed by atoms with Crippen molar-refractivity contribution in [1.82, 2.24) is 0 Å². The Balaban J connectivity index is -0.000000240. The van der Waals surface area contributed by atoms with Crippen LogP contribution in [0.3, 0.4) is 0 Å². The van der Waals surface area contributed by atoms with Crippen molar-refractivity contribution in [3.63, 3.8) is 0 Å². The van der Waals surface area contributed by atoms with Crippen molar-refractivity contribution in [2.75, 3.05) is 0 Å². The van der Waals surface area contributed by atoms with E-state index in [0.29, 0.717) is 17.9 Å². The minimum atomic E-state index is 0.0926. The molecule has 0 amide bonds. The molecule has 1 aromatic rings. The number of carbonyl (C=O) groups excluding carboxylic acids is 1. The first kappa shape index (κ1) is 53.5. The van der Waals surface area contributed by atoms with Crippen molar-refractivity contribution in [2.24, 2.45) is 41.4 Å². The zero-order valence-electron chi connectivity index (χ0n) is 36.0. The fourth-order valence-corrected chi connectivity index (χ4v) is 8.36. The van der Waals surface area contributed by atoms with Gasteiger partial charge in [-0.3, -0.25) is 4.79 Å². The molecule has 4 atom stereocenters. The van der Waals surface area contributed by atoms with Gasteiger partial charge in [0.25, 0.3) is 0 Å². The molecule has 7 saturated carbocycles. The number of carbonyl (C=O) groups is 1. The van der Waals surface area contributed by atoms with Crippen molar-refractivity contribution >= 4 is 5.97 Å². The summed E-state index contributed by atoms with van der Waals surface area (Å²) in [5, 5.41) is 0. The summed E-state index contributed by atoms with van der Waals surface area (Å²) in [6.45, 7) is 32.0. The SMILES string of the molecule is C1C2CC3CC1CC(C2)C3.C1CCCCC1.CC.CC.CC.CC.CC.CC.CC.CC.O=C1OC2CC3CC1C2C3.c1ccccc1. The van der Waals surface area contributed by atoms with Crippen molar-refractivity contribution in [2.45, 2.75) is 213 Å². The van der Waals surface area contributed by atoms with Gasteiger partial charge in [-0.05, 0) is 87.4 Å². The van der Waals surface area contributed by atoms with Crippen LogP contribution in [0.25, 0.3) is 0 Å². The minimum Gasteiger partial charge on any atom is -0.462 e. The van der Waals surface area contributed by atoms with Crippen molar-refractivity contribution in [3.8, 4) is 0 Å². The van der Waals surface area contributed by atoms with E-state index in [-0.39, 0.29) is 5.97 Å². The highest BCUT2D eigenvalue weighted by atomic mass is 16.6. The van der Waals surface area contributed by atoms with E-state index in [2.05, 4.69) is 0 Å². The van der Waals surface area contributed by atoms with Crippen molar-refractivity contribution < 1.29 is 9.53 Å². The second-order valence-electron chi connectivity index (χ2n) is 12.0. The van der Waals surface area contributed by atoms with Crippen LogP contribution in [0.2, 0.25) is 0 Å². The summed E-state index contributed by atoms with van der Waals surface area (Å²) in [7, 11) is 0. The van der Waals surface area contributed by atoms with Crippen molar-refractivity contribution in [1.29, 1.82) is 0 Å². The van der Waals surface area contributed by atoms with Gasteiger partial charge in [-0.1, -0.05) is 186 Å². The lowest BCUT2D eigenvalue weighted by atomic mass is 9.56. The molecular formula is C46H92O2. The Bertz CT molecular complexity index is 613. The van der Waals surface area contributed by atoms with Crippen LogP contribution in [0.15, 0.2) is 36.4 Å². The van der Waals surface area contributed by atoms with Gasteiger partial charge in [-0.25, -0.2) is 0 Å². The monoisotopic (exact) mass is 677 g/mol. The quantitative estimate of drug-likeness (QED) is 0.256. The normalized spacial score (nSPS) is 28.6. The van der Waals surface area contributed by atoms with E-state index in [1.165, 1.54) is 68.6 Å². The standard InChI is InChI=1S/C10H16.C8H10O2.C6H12.C6H6.8C2H6/c1-7-2-9-4-8(1)5-10(3-7)6-9;9-8-6-2-4-1-5(6)7(3-4)10-8;2*1-2-4-6-5-3-1;8*1-2/h7-10H,1-6H2;4-7H,1-3H2;1-6H2;1-6H;8*1-2H3. The molecule has 0 N–H and O–H groups in total. The molecule has 0 spiro atoms. The summed E-state index contributed by atoms with van der Waals surface area (Å²) >= 11 is 0. The van der Waals surface area contributed by atoms with Crippen LogP contribution < -0.4 is 0 Å². The zero-order valence-corrected chi connectivity index (χ0v) is 36.0. The molecule has 48 heavy (non-hydrogen) atoms. The minimum absolute atomic E-state index is 0.0926. The summed E-state index contributed by atoms with van der Waals surface area (Å²) in [6.07, 6.45) is 22.5. The van der Waals surface area contributed by atoms with Crippen LogP contribution in [0.4, 0.5) is 0 Å². The molecule has 1 heterocycles. The maximum atomic E-state index is 11.1. The molecule has 4 unspecified atom stereocenters. The summed E-state index contributed by atoms with van der Waals surface area (Å²) in [5.74, 6) is 6.56. The second-order valence-corrected chi connectivity index (χ2v) is 12.0. The van der Waals surface area contributed by atoms with Crippen LogP contribution >= 0.6 is 0 Å². The third-order valence-corrected chi connectivity index (χ3v) is 9.49. The molecule has 1 aromatic carbocycles. The number of rotatable bonds is 0. The highest BCUT2D eigenvalue weighted by Gasteiger charge is 2.56. The summed E-state index contributed by atoms with van der Waals surface area (Å²) in [4.78, 5) is 11.1. The Labute approximate surface area is 305 Å². The van der Waals surface area contributed by atoms with Gasteiger partial charge in [0.1, 0.15) is 6.10 Å². The molecule has 0 aromatic heterocycles. The van der Waals surface area contributed by atoms with Crippen LogP contribution in [0.1, 0.15) is 207 Å². The molecule has 7 aliphatic carbocycles. The average molecular weight is 677 g/mol. The third kappa shape index (κ3) is 21.7. The first-order valence-electron chi connectivity index (χ1n) is 21.9. The smallest absolute Gasteiger partial charge is 0.309 e. The second kappa shape index (κ2) is 40.1. The number of benzene rings is 1. The molecule has 6 bridgehead atoms. The Morgan fingerprint density at radius 2 is 0.625 bits per heavy atom. The fraction of sp³-hybridized carbons (Fsp3) is 0.848. The molecule has 2 heteroatoms. The Morgan fingerprint density at radius 3 is 0.833 bits per heavy atom. The number of esters is 1. The van der Waals surface area contributed by atoms with Crippen LogP contribution in [-0.2, 0) is 9.53 Å². The Kier molecular flexibility index (Phi) is 44.7. The number of hydrogen-bond donors (Lipinski definition) is 0. The molecule has 8 aliphatic rings. The lowest BCUT2D eigenvalue weighted by molar-refractivity contribution is -0.143. The van der Waals surface area contributed by atoms with E-state index in [0.717, 1.165) is 18.8 Å². The third-order valence-electron chi connectivity index (χ3n) is 9.49. The van der Waals surface area contributed by atoms with Gasteiger partial charge in [-0.15, -0.1) is 0 Å². The van der Waals surface area contributed by atoms with E-state index in [9.17, 15) is 4.79 Å². The van der Waals surface area contributed by atoms with Gasteiger partial charge in [0.15, 0.2) is 0 Å². The molecule has 2 nitrogen and oxygen atoms in total. The zero-order chi connectivity index (χ0) is 37.8. The molecular weight excluding hydrogens is 585 g/mol. The highest BCUT2D eigenvalue weighted by Crippen LogP contribution is 2.54. The Morgan fingerprint density at radius 1 is 0.375 bits per heavy atom. The summed E-state index contributed by atoms with van der Waals surface area (Å²) in [5.41, 5.74) is 0. The molecule has 9 rings (SSSR count). The first-order chi connectivity index (χ1) is 23.7. The average Bonchev–Trinajstić information content (AvgIpc) is 3.85. The molecule has 0 radical (unpaired) electrons. The van der Waals surface area contributed by atoms with Crippen LogP contribution in [-0.4, -0.2) is 12.1 Å². The van der Waals surface area contributed by atoms with E-state index in [4.69, 9.17) is 4.74 Å². The lowest BCUT2D eigenvalue weighted by Crippen LogP contribution is -2.38. The summed E-state index contributed by atoms with van der Waals surface area (Å²) in [6, 6.07) is 12.0. The van der Waals surface area contributed by atoms with E-state index >= 15 is 0 Å². The van der Waals surface area contributed by atoms with E-state index < -0.39 is 0 Å². The Hall–Kier alpha value is -1.31. The number of hydrogen-bond acceptors (Lipinski definition) is 2. The summed E-state index contributed by atoms with van der Waals surface area (Å²) < 4.78 is 5.20. The lowest BCUT2D eigenvalue weighted by Gasteiger charge is -2.49. The van der Waals surface area contributed by atoms with Gasteiger partial charge in [0, 0.05) is 5.92 Å². The van der Waals surface area contributed by atoms with Gasteiger partial charge < -0.3 is 4.74 Å². The van der Waals surface area contributed by atoms with Gasteiger partial charge in [0.2, 0.25) is 0 Å². The maximum Gasteiger partial charge on any atom is 0.309 e. The predicted molar refractivity (Wildman–Crippen MR) is 221 cm³/mol. The first-order valence-corrected chi connectivity index (χ1v) is 21.9. The van der Waals surface area contributed by atoms with Crippen molar-refractivity contribution in [3.05, 3.63) is 36.4 Å². The number of ether oxygens (including phenoxy) is 1. The van der Waals surface area contributed by atoms with Crippen LogP contribution in [0.5, 0.6) is 0 Å². The van der Waals surface area contributed by atoms with E-state index in [1.54, 1.807) is 38.5 Å². The molecule has 1 saturated heterocycles. The highest BCUT2D eigenvalue weighted by molar-refractivity contribution is 5.76. The molecule has 288 valence electrons. The maximum absolute atomic E-state index is 11.1. The van der Waals surface area contributed by atoms with E-state index in [1.807, 2.05) is 147 Å². The van der Waals surface area contributed by atoms with Gasteiger partial charge in [0.05, 0.1) is 5.92 Å². The largest absolute Gasteiger partial charge is 0.462 e.